The number of hydrogen-bond donors (Lipinski definition) is 1. The number of carbonyl (C=O) groups is 2. The summed E-state index contributed by atoms with van der Waals surface area (Å²) in [5.41, 5.74) is 0.173. The first-order valence-electron chi connectivity index (χ1n) is 6.05. The number of halogens is 1. The van der Waals surface area contributed by atoms with E-state index in [4.69, 9.17) is 0 Å². The van der Waals surface area contributed by atoms with Crippen LogP contribution in [0.1, 0.15) is 13.8 Å². The molecular formula is C13H17FN2O3. The lowest BCUT2D eigenvalue weighted by molar-refractivity contribution is -0.141. The minimum Gasteiger partial charge on any atom is -0.465 e. The maximum absolute atomic E-state index is 13.6. The standard InChI is InChI=1S/C13H17FN2O3/c1-3-16(11-8-6-5-7-10(11)14)13(18)15-9-12(17)19-4-2/h5-8H,3-4,9H2,1-2H3,(H,15,18). The molecule has 6 heteroatoms. The van der Waals surface area contributed by atoms with Crippen LogP contribution in [0.4, 0.5) is 14.9 Å². The van der Waals surface area contributed by atoms with E-state index in [1.54, 1.807) is 26.0 Å². The van der Waals surface area contributed by atoms with Crippen LogP contribution in [0, 0.1) is 5.82 Å². The first kappa shape index (κ1) is 14.9. The zero-order valence-electron chi connectivity index (χ0n) is 11.0. The van der Waals surface area contributed by atoms with Crippen molar-refractivity contribution in [2.75, 3.05) is 24.6 Å². The second kappa shape index (κ2) is 7.35. The van der Waals surface area contributed by atoms with Crippen molar-refractivity contribution in [3.05, 3.63) is 30.1 Å². The van der Waals surface area contributed by atoms with Crippen molar-refractivity contribution >= 4 is 17.7 Å². The molecular weight excluding hydrogens is 251 g/mol. The Morgan fingerprint density at radius 3 is 2.58 bits per heavy atom. The van der Waals surface area contributed by atoms with E-state index in [0.29, 0.717) is 0 Å². The largest absolute Gasteiger partial charge is 0.465 e. The number of benzene rings is 1. The Bertz CT molecular complexity index is 451. The molecule has 0 atom stereocenters. The summed E-state index contributed by atoms with van der Waals surface area (Å²) in [7, 11) is 0. The average Bonchev–Trinajstić information content (AvgIpc) is 2.40. The maximum atomic E-state index is 13.6. The number of nitrogens with zero attached hydrogens (tertiary/aromatic N) is 1. The van der Waals surface area contributed by atoms with Gasteiger partial charge in [-0.2, -0.15) is 0 Å². The molecule has 1 rings (SSSR count). The average molecular weight is 268 g/mol. The Kier molecular flexibility index (Phi) is 5.78. The number of carbonyl (C=O) groups excluding carboxylic acids is 2. The lowest BCUT2D eigenvalue weighted by Crippen LogP contribution is -2.42. The summed E-state index contributed by atoms with van der Waals surface area (Å²) < 4.78 is 18.3. The van der Waals surface area contributed by atoms with Gasteiger partial charge in [-0.05, 0) is 26.0 Å². The van der Waals surface area contributed by atoms with Crippen LogP contribution < -0.4 is 10.2 Å². The van der Waals surface area contributed by atoms with Crippen LogP contribution in [0.2, 0.25) is 0 Å². The highest BCUT2D eigenvalue weighted by molar-refractivity contribution is 5.93. The second-order valence-corrected chi connectivity index (χ2v) is 3.66. The van der Waals surface area contributed by atoms with Gasteiger partial charge in [0.15, 0.2) is 0 Å². The van der Waals surface area contributed by atoms with Crippen molar-refractivity contribution in [1.29, 1.82) is 0 Å². The summed E-state index contributed by atoms with van der Waals surface area (Å²) >= 11 is 0. The summed E-state index contributed by atoms with van der Waals surface area (Å²) in [6, 6.07) is 5.42. The molecule has 0 saturated heterocycles. The number of rotatable bonds is 5. The smallest absolute Gasteiger partial charge is 0.325 e. The van der Waals surface area contributed by atoms with Gasteiger partial charge < -0.3 is 10.1 Å². The van der Waals surface area contributed by atoms with E-state index >= 15 is 0 Å². The number of nitrogens with one attached hydrogen (secondary N) is 1. The van der Waals surface area contributed by atoms with E-state index in [-0.39, 0.29) is 25.4 Å². The van der Waals surface area contributed by atoms with Crippen molar-refractivity contribution in [3.63, 3.8) is 0 Å². The number of hydrogen-bond acceptors (Lipinski definition) is 3. The third-order valence-corrected chi connectivity index (χ3v) is 2.39. The fourth-order valence-corrected chi connectivity index (χ4v) is 1.55. The van der Waals surface area contributed by atoms with Crippen LogP contribution in [0.25, 0.3) is 0 Å². The molecule has 1 aromatic carbocycles. The van der Waals surface area contributed by atoms with Gasteiger partial charge >= 0.3 is 12.0 Å². The number of anilines is 1. The summed E-state index contributed by atoms with van der Waals surface area (Å²) in [6.07, 6.45) is 0. The number of urea groups is 1. The Hall–Kier alpha value is -2.11. The molecule has 0 bridgehead atoms. The molecule has 0 heterocycles. The minimum absolute atomic E-state index is 0.173. The molecule has 2 amide bonds. The van der Waals surface area contributed by atoms with Gasteiger partial charge in [-0.25, -0.2) is 9.18 Å². The van der Waals surface area contributed by atoms with Gasteiger partial charge in [-0.1, -0.05) is 12.1 Å². The predicted octanol–water partition coefficient (Wildman–Crippen LogP) is 1.92. The monoisotopic (exact) mass is 268 g/mol. The lowest BCUT2D eigenvalue weighted by Gasteiger charge is -2.21. The molecule has 0 spiro atoms. The van der Waals surface area contributed by atoms with E-state index in [2.05, 4.69) is 10.1 Å². The number of ether oxygens (including phenoxy) is 1. The molecule has 0 radical (unpaired) electrons. The van der Waals surface area contributed by atoms with Crippen LogP contribution >= 0.6 is 0 Å². The third-order valence-electron chi connectivity index (χ3n) is 2.39. The highest BCUT2D eigenvalue weighted by atomic mass is 19.1. The summed E-state index contributed by atoms with van der Waals surface area (Å²) in [6.45, 7) is 3.69. The molecule has 0 aliphatic rings. The van der Waals surface area contributed by atoms with Gasteiger partial charge in [0.1, 0.15) is 12.4 Å². The van der Waals surface area contributed by atoms with Crippen LogP contribution in [0.5, 0.6) is 0 Å². The van der Waals surface area contributed by atoms with Crippen molar-refractivity contribution < 1.29 is 18.7 Å². The van der Waals surface area contributed by atoms with Gasteiger partial charge in [0, 0.05) is 6.54 Å². The first-order chi connectivity index (χ1) is 9.10. The Morgan fingerprint density at radius 1 is 1.32 bits per heavy atom. The topological polar surface area (TPSA) is 58.6 Å². The van der Waals surface area contributed by atoms with Crippen LogP contribution in [-0.4, -0.2) is 31.7 Å². The van der Waals surface area contributed by atoms with Crippen LogP contribution in [0.3, 0.4) is 0 Å². The zero-order valence-corrected chi connectivity index (χ0v) is 11.0. The molecule has 0 aliphatic heterocycles. The molecule has 1 N–H and O–H groups in total. The molecule has 0 aliphatic carbocycles. The normalized spacial score (nSPS) is 9.84. The van der Waals surface area contributed by atoms with Crippen molar-refractivity contribution in [2.24, 2.45) is 0 Å². The van der Waals surface area contributed by atoms with Gasteiger partial charge in [-0.15, -0.1) is 0 Å². The van der Waals surface area contributed by atoms with Crippen LogP contribution in [0.15, 0.2) is 24.3 Å². The van der Waals surface area contributed by atoms with Gasteiger partial charge in [0.2, 0.25) is 0 Å². The van der Waals surface area contributed by atoms with Crippen molar-refractivity contribution in [2.45, 2.75) is 13.8 Å². The second-order valence-electron chi connectivity index (χ2n) is 3.66. The van der Waals surface area contributed by atoms with Crippen LogP contribution in [-0.2, 0) is 9.53 Å². The van der Waals surface area contributed by atoms with E-state index in [1.807, 2.05) is 0 Å². The Labute approximate surface area is 111 Å². The van der Waals surface area contributed by atoms with Crippen molar-refractivity contribution in [1.82, 2.24) is 5.32 Å². The predicted molar refractivity (Wildman–Crippen MR) is 69.5 cm³/mol. The Balaban J connectivity index is 2.68. The molecule has 0 aromatic heterocycles. The summed E-state index contributed by atoms with van der Waals surface area (Å²) in [4.78, 5) is 24.2. The molecule has 0 fully saturated rings. The van der Waals surface area contributed by atoms with E-state index in [1.165, 1.54) is 17.0 Å². The minimum atomic E-state index is -0.541. The van der Waals surface area contributed by atoms with Crippen molar-refractivity contribution in [3.8, 4) is 0 Å². The molecule has 5 nitrogen and oxygen atoms in total. The number of para-hydroxylation sites is 1. The SMILES string of the molecule is CCOC(=O)CNC(=O)N(CC)c1ccccc1F. The first-order valence-corrected chi connectivity index (χ1v) is 6.05. The molecule has 0 saturated carbocycles. The zero-order chi connectivity index (χ0) is 14.3. The Morgan fingerprint density at radius 2 is 2.00 bits per heavy atom. The van der Waals surface area contributed by atoms with E-state index in [0.717, 1.165) is 0 Å². The fourth-order valence-electron chi connectivity index (χ4n) is 1.55. The summed E-state index contributed by atoms with van der Waals surface area (Å²) in [5, 5.41) is 2.39. The highest BCUT2D eigenvalue weighted by Gasteiger charge is 2.17. The maximum Gasteiger partial charge on any atom is 0.325 e. The molecule has 0 unspecified atom stereocenters. The third kappa shape index (κ3) is 4.24. The molecule has 19 heavy (non-hydrogen) atoms. The van der Waals surface area contributed by atoms with Gasteiger partial charge in [0.05, 0.1) is 12.3 Å². The summed E-state index contributed by atoms with van der Waals surface area (Å²) in [5.74, 6) is -1.02. The quantitative estimate of drug-likeness (QED) is 0.830. The number of esters is 1. The molecule has 104 valence electrons. The van der Waals surface area contributed by atoms with E-state index in [9.17, 15) is 14.0 Å². The molecule has 1 aromatic rings. The highest BCUT2D eigenvalue weighted by Crippen LogP contribution is 2.18. The van der Waals surface area contributed by atoms with Gasteiger partial charge in [0.25, 0.3) is 0 Å². The van der Waals surface area contributed by atoms with E-state index < -0.39 is 17.8 Å². The number of amides is 2. The fraction of sp³-hybridized carbons (Fsp3) is 0.385. The van der Waals surface area contributed by atoms with Gasteiger partial charge in [-0.3, -0.25) is 9.69 Å². The lowest BCUT2D eigenvalue weighted by atomic mass is 10.3.